The highest BCUT2D eigenvalue weighted by Gasteiger charge is 2.19. The molecule has 0 aromatic heterocycles. The van der Waals surface area contributed by atoms with Gasteiger partial charge in [-0.25, -0.2) is 13.6 Å². The zero-order valence-corrected chi connectivity index (χ0v) is 10.6. The van der Waals surface area contributed by atoms with Crippen molar-refractivity contribution in [2.75, 3.05) is 11.1 Å². The van der Waals surface area contributed by atoms with Crippen LogP contribution in [-0.2, 0) is 0 Å². The maximum Gasteiger partial charge on any atom is 0.340 e. The Balaban J connectivity index is 2.39. The second-order valence-corrected chi connectivity index (χ2v) is 4.12. The normalized spacial score (nSPS) is 10.2. The molecule has 2 rings (SSSR count). The Bertz CT molecular complexity index is 732. The van der Waals surface area contributed by atoms with Gasteiger partial charge in [0.15, 0.2) is 0 Å². The van der Waals surface area contributed by atoms with Gasteiger partial charge in [-0.2, -0.15) is 0 Å². The highest BCUT2D eigenvalue weighted by atomic mass is 19.1. The highest BCUT2D eigenvalue weighted by Crippen LogP contribution is 2.22. The van der Waals surface area contributed by atoms with Crippen LogP contribution in [-0.4, -0.2) is 17.0 Å². The summed E-state index contributed by atoms with van der Waals surface area (Å²) in [6, 6.07) is 7.05. The number of nitrogens with two attached hydrogens (primary N) is 1. The molecule has 7 heteroatoms. The van der Waals surface area contributed by atoms with Gasteiger partial charge in [0.2, 0.25) is 0 Å². The molecular weight excluding hydrogens is 282 g/mol. The summed E-state index contributed by atoms with van der Waals surface area (Å²) in [5, 5.41) is 11.2. The lowest BCUT2D eigenvalue weighted by Gasteiger charge is -2.10. The minimum absolute atomic E-state index is 0.171. The summed E-state index contributed by atoms with van der Waals surface area (Å²) < 4.78 is 26.8. The van der Waals surface area contributed by atoms with Crippen molar-refractivity contribution >= 4 is 23.3 Å². The molecule has 4 N–H and O–H groups in total. The van der Waals surface area contributed by atoms with Crippen LogP contribution in [0.15, 0.2) is 36.4 Å². The predicted octanol–water partition coefficient (Wildman–Crippen LogP) is 2.50. The van der Waals surface area contributed by atoms with Crippen LogP contribution in [0.5, 0.6) is 0 Å². The van der Waals surface area contributed by atoms with E-state index < -0.39 is 29.1 Å². The van der Waals surface area contributed by atoms with E-state index in [4.69, 9.17) is 10.8 Å². The second-order valence-electron chi connectivity index (χ2n) is 4.12. The third-order valence-electron chi connectivity index (χ3n) is 2.77. The number of nitrogens with one attached hydrogen (secondary N) is 1. The first-order valence-corrected chi connectivity index (χ1v) is 5.79. The predicted molar refractivity (Wildman–Crippen MR) is 72.1 cm³/mol. The molecule has 0 bridgehead atoms. The molecule has 1 amide bonds. The van der Waals surface area contributed by atoms with E-state index in [0.29, 0.717) is 0 Å². The lowest BCUT2D eigenvalue weighted by molar-refractivity contribution is 0.0693. The molecular formula is C14H10F2N2O3. The Morgan fingerprint density at radius 3 is 2.33 bits per heavy atom. The van der Waals surface area contributed by atoms with Crippen molar-refractivity contribution in [2.45, 2.75) is 0 Å². The van der Waals surface area contributed by atoms with Crippen LogP contribution in [0, 0.1) is 11.6 Å². The SMILES string of the molecule is Nc1c(F)cccc1C(=O)Nc1cccc(F)c1C(=O)O. The number of aromatic carboxylic acids is 1. The molecule has 0 radical (unpaired) electrons. The first-order chi connectivity index (χ1) is 9.91. The third kappa shape index (κ3) is 2.81. The Morgan fingerprint density at radius 1 is 1.05 bits per heavy atom. The molecule has 21 heavy (non-hydrogen) atoms. The minimum atomic E-state index is -1.53. The van der Waals surface area contributed by atoms with Crippen molar-refractivity contribution in [1.82, 2.24) is 0 Å². The summed E-state index contributed by atoms with van der Waals surface area (Å²) in [4.78, 5) is 23.0. The van der Waals surface area contributed by atoms with E-state index >= 15 is 0 Å². The number of para-hydroxylation sites is 1. The average molecular weight is 292 g/mol. The number of nitrogen functional groups attached to an aromatic ring is 1. The van der Waals surface area contributed by atoms with E-state index in [1.165, 1.54) is 24.3 Å². The fraction of sp³-hybridized carbons (Fsp3) is 0. The largest absolute Gasteiger partial charge is 0.478 e. The molecule has 0 heterocycles. The van der Waals surface area contributed by atoms with Crippen LogP contribution in [0.25, 0.3) is 0 Å². The number of carbonyl (C=O) groups excluding carboxylic acids is 1. The van der Waals surface area contributed by atoms with Crippen LogP contribution in [0.1, 0.15) is 20.7 Å². The van der Waals surface area contributed by atoms with Crippen molar-refractivity contribution in [3.8, 4) is 0 Å². The molecule has 0 spiro atoms. The van der Waals surface area contributed by atoms with Crippen molar-refractivity contribution in [1.29, 1.82) is 0 Å². The monoisotopic (exact) mass is 292 g/mol. The molecule has 5 nitrogen and oxygen atoms in total. The Labute approximate surface area is 118 Å². The summed E-state index contributed by atoms with van der Waals surface area (Å²) in [7, 11) is 0. The summed E-state index contributed by atoms with van der Waals surface area (Å²) in [6.45, 7) is 0. The molecule has 2 aromatic carbocycles. The van der Waals surface area contributed by atoms with Crippen LogP contribution in [0.3, 0.4) is 0 Å². The molecule has 0 aliphatic rings. The van der Waals surface area contributed by atoms with Gasteiger partial charge in [-0.1, -0.05) is 12.1 Å². The summed E-state index contributed by atoms with van der Waals surface area (Å²) in [6.07, 6.45) is 0. The van der Waals surface area contributed by atoms with Gasteiger partial charge in [-0.3, -0.25) is 4.79 Å². The van der Waals surface area contributed by atoms with Gasteiger partial charge in [0.1, 0.15) is 17.2 Å². The molecule has 0 fully saturated rings. The maximum absolute atomic E-state index is 13.5. The fourth-order valence-electron chi connectivity index (χ4n) is 1.77. The van der Waals surface area contributed by atoms with E-state index in [0.717, 1.165) is 12.1 Å². The minimum Gasteiger partial charge on any atom is -0.478 e. The van der Waals surface area contributed by atoms with E-state index in [9.17, 15) is 18.4 Å². The number of carboxylic acids is 1. The maximum atomic E-state index is 13.5. The standard InChI is InChI=1S/C14H10F2N2O3/c15-8-4-2-6-10(11(8)14(20)21)18-13(19)7-3-1-5-9(16)12(7)17/h1-6H,17H2,(H,18,19)(H,20,21). The first kappa shape index (κ1) is 14.4. The van der Waals surface area contributed by atoms with Crippen LogP contribution >= 0.6 is 0 Å². The topological polar surface area (TPSA) is 92.4 Å². The van der Waals surface area contributed by atoms with E-state index in [1.807, 2.05) is 0 Å². The van der Waals surface area contributed by atoms with Crippen LogP contribution in [0.2, 0.25) is 0 Å². The van der Waals surface area contributed by atoms with Crippen molar-refractivity contribution in [2.24, 2.45) is 0 Å². The summed E-state index contributed by atoms with van der Waals surface area (Å²) in [5.41, 5.74) is 3.98. The number of hydrogen-bond donors (Lipinski definition) is 3. The molecule has 0 atom stereocenters. The second kappa shape index (κ2) is 5.58. The van der Waals surface area contributed by atoms with Gasteiger partial charge in [0.05, 0.1) is 16.9 Å². The van der Waals surface area contributed by atoms with Gasteiger partial charge >= 0.3 is 5.97 Å². The Hall–Kier alpha value is -2.96. The fourth-order valence-corrected chi connectivity index (χ4v) is 1.77. The number of anilines is 2. The molecule has 108 valence electrons. The van der Waals surface area contributed by atoms with Gasteiger partial charge in [0, 0.05) is 0 Å². The number of rotatable bonds is 3. The molecule has 0 unspecified atom stereocenters. The number of carboxylic acid groups (broad SMARTS) is 1. The molecule has 0 aliphatic heterocycles. The van der Waals surface area contributed by atoms with Gasteiger partial charge in [-0.05, 0) is 24.3 Å². The number of carbonyl (C=O) groups is 2. The van der Waals surface area contributed by atoms with E-state index in [2.05, 4.69) is 5.32 Å². The smallest absolute Gasteiger partial charge is 0.340 e. The quantitative estimate of drug-likeness (QED) is 0.758. The number of halogens is 2. The number of amides is 1. The van der Waals surface area contributed by atoms with Gasteiger partial charge in [0.25, 0.3) is 5.91 Å². The summed E-state index contributed by atoms with van der Waals surface area (Å²) in [5.74, 6) is -4.14. The van der Waals surface area contributed by atoms with E-state index in [-0.39, 0.29) is 16.9 Å². The zero-order valence-electron chi connectivity index (χ0n) is 10.6. The summed E-state index contributed by atoms with van der Waals surface area (Å²) >= 11 is 0. The lowest BCUT2D eigenvalue weighted by atomic mass is 10.1. The van der Waals surface area contributed by atoms with Crippen LogP contribution in [0.4, 0.5) is 20.2 Å². The molecule has 0 saturated carbocycles. The van der Waals surface area contributed by atoms with Crippen molar-refractivity contribution in [3.05, 3.63) is 59.2 Å². The lowest BCUT2D eigenvalue weighted by Crippen LogP contribution is -2.17. The number of benzene rings is 2. The van der Waals surface area contributed by atoms with Crippen molar-refractivity contribution in [3.63, 3.8) is 0 Å². The molecule has 0 aliphatic carbocycles. The Kier molecular flexibility index (Phi) is 3.84. The molecule has 0 saturated heterocycles. The average Bonchev–Trinajstić information content (AvgIpc) is 2.41. The van der Waals surface area contributed by atoms with Crippen LogP contribution < -0.4 is 11.1 Å². The van der Waals surface area contributed by atoms with Crippen molar-refractivity contribution < 1.29 is 23.5 Å². The van der Waals surface area contributed by atoms with Gasteiger partial charge in [-0.15, -0.1) is 0 Å². The number of hydrogen-bond acceptors (Lipinski definition) is 3. The molecule has 2 aromatic rings. The zero-order chi connectivity index (χ0) is 15.6. The van der Waals surface area contributed by atoms with Gasteiger partial charge < -0.3 is 16.2 Å². The Morgan fingerprint density at radius 2 is 1.67 bits per heavy atom. The highest BCUT2D eigenvalue weighted by molar-refractivity contribution is 6.10. The first-order valence-electron chi connectivity index (χ1n) is 5.79. The third-order valence-corrected chi connectivity index (χ3v) is 2.77. The van der Waals surface area contributed by atoms with E-state index in [1.54, 1.807) is 0 Å².